The minimum atomic E-state index is -1.23. The van der Waals surface area contributed by atoms with Crippen LogP contribution in [0.1, 0.15) is 32.6 Å². The molecular formula is C15H22O6Sn. The first-order valence-electron chi connectivity index (χ1n) is 6.38. The van der Waals surface area contributed by atoms with Gasteiger partial charge in [-0.15, -0.1) is 0 Å². The third kappa shape index (κ3) is 78.8. The van der Waals surface area contributed by atoms with Gasteiger partial charge in [0.05, 0.1) is 17.9 Å². The number of hydrogen-bond acceptors (Lipinski definition) is 6. The zero-order chi connectivity index (χ0) is 18.4. The fraction of sp³-hybridized carbons (Fsp3) is 0.400. The maximum absolute atomic E-state index is 9.14. The summed E-state index contributed by atoms with van der Waals surface area (Å²) in [6, 6.07) is 0. The van der Waals surface area contributed by atoms with Crippen LogP contribution >= 0.6 is 0 Å². The summed E-state index contributed by atoms with van der Waals surface area (Å²) in [5.41, 5.74) is 0. The molecular weight excluding hydrogens is 395 g/mol. The van der Waals surface area contributed by atoms with E-state index in [1.807, 2.05) is 0 Å². The molecule has 122 valence electrons. The van der Waals surface area contributed by atoms with Crippen molar-refractivity contribution in [3.8, 4) is 0 Å². The number of carbonyl (C=O) groups is 3. The van der Waals surface area contributed by atoms with Crippen molar-refractivity contribution in [2.45, 2.75) is 37.0 Å². The van der Waals surface area contributed by atoms with E-state index in [4.69, 9.17) is 29.7 Å². The molecule has 0 rings (SSSR count). The standard InChI is InChI=1S/C6H13.3C3H4O2.Sn/c1-3-5-6-4-2;3*1-2-3(4)5;/h1,3-6H2,2H3;3*2H,1H2,(H,4,5);/q;;;;+3/p-3. The van der Waals surface area contributed by atoms with E-state index in [2.05, 4.69) is 26.7 Å². The fourth-order valence-electron chi connectivity index (χ4n) is 0.552. The van der Waals surface area contributed by atoms with Crippen molar-refractivity contribution < 1.29 is 29.7 Å². The molecule has 0 unspecified atom stereocenters. The van der Waals surface area contributed by atoms with Gasteiger partial charge >= 0.3 is 59.6 Å². The second kappa shape index (κ2) is 27.7. The molecule has 22 heavy (non-hydrogen) atoms. The summed E-state index contributed by atoms with van der Waals surface area (Å²) in [6.45, 7) is 10.9. The third-order valence-electron chi connectivity index (χ3n) is 1.53. The first-order valence-corrected chi connectivity index (χ1v) is 8.39. The molecule has 0 saturated heterocycles. The van der Waals surface area contributed by atoms with Crippen molar-refractivity contribution in [2.75, 3.05) is 0 Å². The zero-order valence-electron chi connectivity index (χ0n) is 12.8. The summed E-state index contributed by atoms with van der Waals surface area (Å²) in [6.07, 6.45) is 7.90. The third-order valence-corrected chi connectivity index (χ3v) is 2.54. The van der Waals surface area contributed by atoms with Crippen LogP contribution in [0.25, 0.3) is 0 Å². The molecule has 0 spiro atoms. The molecule has 0 aromatic carbocycles. The van der Waals surface area contributed by atoms with E-state index < -0.39 is 17.9 Å². The van der Waals surface area contributed by atoms with Gasteiger partial charge in [0, 0.05) is 0 Å². The van der Waals surface area contributed by atoms with Gasteiger partial charge in [-0.25, -0.2) is 0 Å². The van der Waals surface area contributed by atoms with Crippen LogP contribution in [-0.4, -0.2) is 40.4 Å². The number of carbonyl (C=O) groups excluding carboxylic acids is 3. The molecule has 0 saturated carbocycles. The molecule has 0 N–H and O–H groups in total. The zero-order valence-corrected chi connectivity index (χ0v) is 15.7. The Balaban J connectivity index is -0.0000000995. The molecule has 0 aliphatic carbocycles. The molecule has 0 atom stereocenters. The van der Waals surface area contributed by atoms with E-state index in [0.29, 0.717) is 0 Å². The van der Waals surface area contributed by atoms with E-state index in [0.717, 1.165) is 18.2 Å². The summed E-state index contributed by atoms with van der Waals surface area (Å²) in [4.78, 5) is 27.4. The first kappa shape index (κ1) is 28.6. The Kier molecular flexibility index (Phi) is 36.0. The number of aliphatic carboxylic acids is 3. The van der Waals surface area contributed by atoms with Crippen molar-refractivity contribution in [1.29, 1.82) is 0 Å². The molecule has 0 bridgehead atoms. The average molecular weight is 417 g/mol. The number of hydrogen-bond donors (Lipinski definition) is 0. The topological polar surface area (TPSA) is 120 Å². The Hall–Kier alpha value is -1.57. The van der Waals surface area contributed by atoms with Gasteiger partial charge < -0.3 is 29.7 Å². The van der Waals surface area contributed by atoms with Crippen LogP contribution in [0.5, 0.6) is 0 Å². The van der Waals surface area contributed by atoms with E-state index >= 15 is 0 Å². The minimum absolute atomic E-state index is 0.722. The van der Waals surface area contributed by atoms with E-state index in [9.17, 15) is 0 Å². The van der Waals surface area contributed by atoms with Crippen molar-refractivity contribution >= 4 is 40.4 Å². The van der Waals surface area contributed by atoms with Gasteiger partial charge in [0.15, 0.2) is 0 Å². The number of carboxylic acids is 3. The van der Waals surface area contributed by atoms with Gasteiger partial charge in [-0.1, -0.05) is 19.7 Å². The Morgan fingerprint density at radius 3 is 1.23 bits per heavy atom. The van der Waals surface area contributed by atoms with Crippen LogP contribution in [0, 0.1) is 0 Å². The predicted octanol–water partition coefficient (Wildman–Crippen LogP) is -1.08. The summed E-state index contributed by atoms with van der Waals surface area (Å²) in [7, 11) is 0. The summed E-state index contributed by atoms with van der Waals surface area (Å²) in [5.74, 6) is -3.69. The fourth-order valence-corrected chi connectivity index (χ4v) is 1.27. The summed E-state index contributed by atoms with van der Waals surface area (Å²) in [5, 5.41) is 27.4. The van der Waals surface area contributed by atoms with Crippen LogP contribution in [0.4, 0.5) is 0 Å². The van der Waals surface area contributed by atoms with E-state index in [1.54, 1.807) is 22.5 Å². The number of carboxylic acid groups (broad SMARTS) is 3. The second-order valence-corrected chi connectivity index (χ2v) is 4.81. The summed E-state index contributed by atoms with van der Waals surface area (Å²) < 4.78 is 1.45. The van der Waals surface area contributed by atoms with E-state index in [-0.39, 0.29) is 0 Å². The first-order chi connectivity index (χ1) is 10.2. The molecule has 0 aliphatic rings. The normalized spacial score (nSPS) is 7.41. The Labute approximate surface area is 145 Å². The summed E-state index contributed by atoms with van der Waals surface area (Å²) >= 11 is 1.70. The van der Waals surface area contributed by atoms with Crippen molar-refractivity contribution in [2.24, 2.45) is 0 Å². The molecule has 0 aromatic rings. The Bertz CT molecular complexity index is 279. The number of unbranched alkanes of at least 4 members (excludes halogenated alkanes) is 3. The van der Waals surface area contributed by atoms with Gasteiger partial charge in [-0.3, -0.25) is 0 Å². The maximum atomic E-state index is 9.14. The van der Waals surface area contributed by atoms with Crippen LogP contribution in [0.2, 0.25) is 4.44 Å². The predicted molar refractivity (Wildman–Crippen MR) is 80.3 cm³/mol. The van der Waals surface area contributed by atoms with Gasteiger partial charge in [0.2, 0.25) is 0 Å². The molecule has 0 radical (unpaired) electrons. The molecule has 0 aromatic heterocycles. The van der Waals surface area contributed by atoms with Crippen LogP contribution in [0.15, 0.2) is 38.0 Å². The average Bonchev–Trinajstić information content (AvgIpc) is 2.49. The molecule has 6 nitrogen and oxygen atoms in total. The molecule has 7 heteroatoms. The van der Waals surface area contributed by atoms with Gasteiger partial charge in [-0.2, -0.15) is 0 Å². The van der Waals surface area contributed by atoms with Crippen molar-refractivity contribution in [3.63, 3.8) is 0 Å². The quantitative estimate of drug-likeness (QED) is 0.295. The second-order valence-electron chi connectivity index (χ2n) is 3.38. The monoisotopic (exact) mass is 418 g/mol. The Morgan fingerprint density at radius 2 is 1.09 bits per heavy atom. The SMILES string of the molecule is C=CC(=O)[O-].C=CC(=O)[O-].C=CC(=O)[O-].CCCCC[CH2][Sn+3]. The van der Waals surface area contributed by atoms with Crippen LogP contribution in [0.3, 0.4) is 0 Å². The van der Waals surface area contributed by atoms with Crippen molar-refractivity contribution in [3.05, 3.63) is 38.0 Å². The van der Waals surface area contributed by atoms with Gasteiger partial charge in [0.25, 0.3) is 0 Å². The molecule has 0 amide bonds. The number of rotatable bonds is 7. The Morgan fingerprint density at radius 1 is 0.818 bits per heavy atom. The van der Waals surface area contributed by atoms with E-state index in [1.165, 1.54) is 30.1 Å². The van der Waals surface area contributed by atoms with Crippen LogP contribution < -0.4 is 15.3 Å². The molecule has 0 aliphatic heterocycles. The van der Waals surface area contributed by atoms with Crippen molar-refractivity contribution in [1.82, 2.24) is 0 Å². The molecule has 0 heterocycles. The van der Waals surface area contributed by atoms with Crippen LogP contribution in [-0.2, 0) is 14.4 Å². The van der Waals surface area contributed by atoms with Gasteiger partial charge in [0.1, 0.15) is 0 Å². The van der Waals surface area contributed by atoms with Gasteiger partial charge in [-0.05, 0) is 18.2 Å². The molecule has 0 fully saturated rings.